The van der Waals surface area contributed by atoms with Crippen LogP contribution in [0.4, 0.5) is 11.4 Å². The fourth-order valence-corrected chi connectivity index (χ4v) is 2.76. The molecule has 0 fully saturated rings. The molecule has 0 unspecified atom stereocenters. The van der Waals surface area contributed by atoms with E-state index in [9.17, 15) is 5.11 Å². The number of fused-ring (bicyclic) bond motifs is 1. The minimum absolute atomic E-state index is 0.642. The Bertz CT molecular complexity index is 662. The van der Waals surface area contributed by atoms with E-state index in [1.165, 1.54) is 11.3 Å². The minimum atomic E-state index is -0.642. The van der Waals surface area contributed by atoms with Crippen molar-refractivity contribution in [3.8, 4) is 11.1 Å². The van der Waals surface area contributed by atoms with Gasteiger partial charge in [0.2, 0.25) is 0 Å². The van der Waals surface area contributed by atoms with Crippen molar-refractivity contribution in [2.75, 3.05) is 23.4 Å². The molecule has 0 bridgehead atoms. The molecule has 3 nitrogen and oxygen atoms in total. The Hall–Kier alpha value is -1.71. The summed E-state index contributed by atoms with van der Waals surface area (Å²) >= 11 is 5.96. The number of aliphatic hydroxyl groups is 1. The van der Waals surface area contributed by atoms with Crippen molar-refractivity contribution in [1.29, 1.82) is 0 Å². The summed E-state index contributed by atoms with van der Waals surface area (Å²) in [4.78, 5) is 2.27. The van der Waals surface area contributed by atoms with Crippen molar-refractivity contribution in [2.45, 2.75) is 25.9 Å². The van der Waals surface area contributed by atoms with Crippen LogP contribution in [0.15, 0.2) is 42.5 Å². The summed E-state index contributed by atoms with van der Waals surface area (Å²) in [5.41, 5.74) is 4.02. The first-order valence-electron chi connectivity index (χ1n) is 7.54. The predicted octanol–water partition coefficient (Wildman–Crippen LogP) is 4.36. The Morgan fingerprint density at radius 2 is 1.82 bits per heavy atom. The van der Waals surface area contributed by atoms with E-state index in [2.05, 4.69) is 28.4 Å². The van der Waals surface area contributed by atoms with E-state index in [1.807, 2.05) is 38.1 Å². The van der Waals surface area contributed by atoms with E-state index in [0.717, 1.165) is 35.9 Å². The zero-order chi connectivity index (χ0) is 15.7. The van der Waals surface area contributed by atoms with Gasteiger partial charge in [0, 0.05) is 11.6 Å². The predicted molar refractivity (Wildman–Crippen MR) is 93.6 cm³/mol. The van der Waals surface area contributed by atoms with Crippen LogP contribution in [0.1, 0.15) is 20.3 Å². The highest BCUT2D eigenvalue weighted by atomic mass is 35.5. The highest BCUT2D eigenvalue weighted by Gasteiger charge is 2.21. The highest BCUT2D eigenvalue weighted by Crippen LogP contribution is 2.36. The maximum absolute atomic E-state index is 9.92. The fraction of sp³-hybridized carbons (Fsp3) is 0.333. The van der Waals surface area contributed by atoms with Gasteiger partial charge in [-0.05, 0) is 55.7 Å². The maximum Gasteiger partial charge on any atom is 0.0877 e. The molecule has 116 valence electrons. The van der Waals surface area contributed by atoms with Gasteiger partial charge < -0.3 is 15.3 Å². The van der Waals surface area contributed by atoms with Crippen molar-refractivity contribution in [3.63, 3.8) is 0 Å². The lowest BCUT2D eigenvalue weighted by atomic mass is 10.0. The molecule has 4 heteroatoms. The Balaban J connectivity index is 1.84. The molecular formula is C18H21ClN2O. The van der Waals surface area contributed by atoms with Gasteiger partial charge in [0.15, 0.2) is 0 Å². The van der Waals surface area contributed by atoms with Crippen molar-refractivity contribution in [2.24, 2.45) is 0 Å². The largest absolute Gasteiger partial charge is 0.390 e. The molecule has 22 heavy (non-hydrogen) atoms. The van der Waals surface area contributed by atoms with Crippen LogP contribution < -0.4 is 10.2 Å². The highest BCUT2D eigenvalue weighted by molar-refractivity contribution is 6.30. The van der Waals surface area contributed by atoms with Gasteiger partial charge in [-0.15, -0.1) is 0 Å². The van der Waals surface area contributed by atoms with Crippen LogP contribution in [0.5, 0.6) is 0 Å². The summed E-state index contributed by atoms with van der Waals surface area (Å²) in [7, 11) is 0. The number of halogens is 1. The summed E-state index contributed by atoms with van der Waals surface area (Å²) in [5.74, 6) is 0. The Labute approximate surface area is 136 Å². The van der Waals surface area contributed by atoms with Gasteiger partial charge in [-0.25, -0.2) is 0 Å². The third kappa shape index (κ3) is 3.37. The average molecular weight is 317 g/mol. The van der Waals surface area contributed by atoms with E-state index in [1.54, 1.807) is 0 Å². The number of rotatable bonds is 4. The van der Waals surface area contributed by atoms with Crippen molar-refractivity contribution < 1.29 is 5.11 Å². The van der Waals surface area contributed by atoms with Crippen LogP contribution in [0.25, 0.3) is 11.1 Å². The molecule has 1 aliphatic heterocycles. The van der Waals surface area contributed by atoms with Gasteiger partial charge in [-0.1, -0.05) is 29.8 Å². The zero-order valence-corrected chi connectivity index (χ0v) is 13.7. The summed E-state index contributed by atoms with van der Waals surface area (Å²) in [6.45, 7) is 5.31. The Morgan fingerprint density at radius 3 is 2.50 bits per heavy atom. The lowest BCUT2D eigenvalue weighted by molar-refractivity contribution is 0.0732. The summed E-state index contributed by atoms with van der Waals surface area (Å²) in [5, 5.41) is 14.1. The Kier molecular flexibility index (Phi) is 4.02. The second kappa shape index (κ2) is 5.82. The fourth-order valence-electron chi connectivity index (χ4n) is 2.64. The van der Waals surface area contributed by atoms with Gasteiger partial charge in [-0.3, -0.25) is 0 Å². The van der Waals surface area contributed by atoms with E-state index in [4.69, 9.17) is 11.6 Å². The lowest BCUT2D eigenvalue weighted by Crippen LogP contribution is -2.30. The first kappa shape index (κ1) is 15.2. The lowest BCUT2D eigenvalue weighted by Gasteiger charge is -2.23. The normalized spacial score (nSPS) is 13.9. The molecule has 2 N–H and O–H groups in total. The zero-order valence-electron chi connectivity index (χ0n) is 12.9. The third-order valence-electron chi connectivity index (χ3n) is 3.97. The van der Waals surface area contributed by atoms with Crippen LogP contribution in [0.3, 0.4) is 0 Å². The summed E-state index contributed by atoms with van der Waals surface area (Å²) in [6, 6.07) is 14.3. The molecule has 1 heterocycles. The van der Waals surface area contributed by atoms with Crippen LogP contribution in [0, 0.1) is 0 Å². The first-order valence-corrected chi connectivity index (χ1v) is 7.91. The molecule has 0 spiro atoms. The molecule has 0 amide bonds. The van der Waals surface area contributed by atoms with Crippen molar-refractivity contribution in [3.05, 3.63) is 47.5 Å². The number of nitrogens with zero attached hydrogens (tertiary/aromatic N) is 1. The number of benzene rings is 2. The van der Waals surface area contributed by atoms with Crippen LogP contribution in [-0.2, 0) is 0 Å². The average Bonchev–Trinajstić information content (AvgIpc) is 2.87. The number of nitrogens with one attached hydrogen (secondary N) is 1. The molecule has 1 aliphatic rings. The molecule has 3 rings (SSSR count). The molecule has 0 radical (unpaired) electrons. The molecule has 0 atom stereocenters. The summed E-state index contributed by atoms with van der Waals surface area (Å²) < 4.78 is 0. The minimum Gasteiger partial charge on any atom is -0.390 e. The van der Waals surface area contributed by atoms with E-state index in [0.29, 0.717) is 0 Å². The standard InChI is InChI=1S/C18H21ClN2O/c1-18(2,22)9-10-21-12-20-16-8-5-14(11-17(16)21)13-3-6-15(19)7-4-13/h3-8,11,20,22H,9-10,12H2,1-2H3. The Morgan fingerprint density at radius 1 is 1.14 bits per heavy atom. The molecule has 2 aromatic carbocycles. The topological polar surface area (TPSA) is 35.5 Å². The molecule has 0 aliphatic carbocycles. The van der Waals surface area contributed by atoms with E-state index >= 15 is 0 Å². The van der Waals surface area contributed by atoms with Gasteiger partial charge in [0.1, 0.15) is 0 Å². The number of hydrogen-bond donors (Lipinski definition) is 2. The molecule has 0 aromatic heterocycles. The smallest absolute Gasteiger partial charge is 0.0877 e. The summed E-state index contributed by atoms with van der Waals surface area (Å²) in [6.07, 6.45) is 0.735. The first-order chi connectivity index (χ1) is 10.4. The van der Waals surface area contributed by atoms with Crippen LogP contribution >= 0.6 is 11.6 Å². The van der Waals surface area contributed by atoms with Gasteiger partial charge in [0.25, 0.3) is 0 Å². The second-order valence-corrected chi connectivity index (χ2v) is 6.84. The monoisotopic (exact) mass is 316 g/mol. The van der Waals surface area contributed by atoms with Crippen molar-refractivity contribution in [1.82, 2.24) is 0 Å². The van der Waals surface area contributed by atoms with Crippen molar-refractivity contribution >= 4 is 23.0 Å². The van der Waals surface area contributed by atoms with Crippen LogP contribution in [0.2, 0.25) is 5.02 Å². The number of hydrogen-bond acceptors (Lipinski definition) is 3. The van der Waals surface area contributed by atoms with Gasteiger partial charge >= 0.3 is 0 Å². The maximum atomic E-state index is 9.92. The van der Waals surface area contributed by atoms with E-state index in [-0.39, 0.29) is 0 Å². The van der Waals surface area contributed by atoms with E-state index < -0.39 is 5.60 Å². The molecule has 0 saturated carbocycles. The van der Waals surface area contributed by atoms with Crippen LogP contribution in [-0.4, -0.2) is 23.9 Å². The quantitative estimate of drug-likeness (QED) is 0.880. The van der Waals surface area contributed by atoms with Gasteiger partial charge in [0.05, 0.1) is 23.6 Å². The SMILES string of the molecule is CC(C)(O)CCN1CNc2ccc(-c3ccc(Cl)cc3)cc21. The molecule has 0 saturated heterocycles. The van der Waals surface area contributed by atoms with Gasteiger partial charge in [-0.2, -0.15) is 0 Å². The third-order valence-corrected chi connectivity index (χ3v) is 4.22. The second-order valence-electron chi connectivity index (χ2n) is 6.40. The number of anilines is 2. The molecule has 2 aromatic rings. The molecular weight excluding hydrogens is 296 g/mol.